The van der Waals surface area contributed by atoms with Crippen LogP contribution in [0.3, 0.4) is 0 Å². The summed E-state index contributed by atoms with van der Waals surface area (Å²) < 4.78 is 11.2. The summed E-state index contributed by atoms with van der Waals surface area (Å²) in [6.45, 7) is 4.19. The predicted molar refractivity (Wildman–Crippen MR) is 74.3 cm³/mol. The molecule has 0 aliphatic carbocycles. The van der Waals surface area contributed by atoms with Crippen molar-refractivity contribution >= 4 is 29.3 Å². The van der Waals surface area contributed by atoms with E-state index in [0.717, 1.165) is 10.5 Å². The Morgan fingerprint density at radius 3 is 2.82 bits per heavy atom. The molecule has 0 aromatic heterocycles. The summed E-state index contributed by atoms with van der Waals surface area (Å²) >= 11 is 4.21. The smallest absolute Gasteiger partial charge is 0.251 e. The van der Waals surface area contributed by atoms with Crippen molar-refractivity contribution in [2.24, 2.45) is 0 Å². The largest absolute Gasteiger partial charge is 0.351 e. The number of carbonyl (C=O) groups excluding carboxylic acids is 1. The van der Waals surface area contributed by atoms with Crippen molar-refractivity contribution in [1.82, 2.24) is 5.32 Å². The van der Waals surface area contributed by atoms with Crippen LogP contribution >= 0.6 is 12.6 Å². The Bertz CT molecular complexity index is 433. The maximum absolute atomic E-state index is 11.8. The van der Waals surface area contributed by atoms with Crippen LogP contribution in [0.4, 0.5) is 0 Å². The molecule has 0 bridgehead atoms. The number of carbonyl (C=O) groups is 1. The standard InChI is InChI=1S/C12H17NO2S2/c1-3-17(15)7-6-13-12(14)11-8-10(16)5-4-9(11)2/h4-5,8,16H,3,6-7H2,1-2H3,(H,13,14). The molecule has 0 saturated carbocycles. The second-order valence-corrected chi connectivity index (χ2v) is 6.07. The first-order chi connectivity index (χ1) is 8.04. The van der Waals surface area contributed by atoms with Crippen LogP contribution in [0, 0.1) is 6.92 Å². The zero-order valence-electron chi connectivity index (χ0n) is 10.0. The minimum Gasteiger partial charge on any atom is -0.351 e. The monoisotopic (exact) mass is 271 g/mol. The van der Waals surface area contributed by atoms with Gasteiger partial charge in [-0.05, 0) is 24.6 Å². The van der Waals surface area contributed by atoms with Crippen LogP contribution in [0.1, 0.15) is 22.8 Å². The van der Waals surface area contributed by atoms with Gasteiger partial charge in [-0.2, -0.15) is 0 Å². The van der Waals surface area contributed by atoms with E-state index < -0.39 is 10.8 Å². The molecule has 0 aliphatic heterocycles. The maximum atomic E-state index is 11.8. The van der Waals surface area contributed by atoms with Crippen molar-refractivity contribution in [2.75, 3.05) is 18.1 Å². The average Bonchev–Trinajstić information content (AvgIpc) is 2.31. The van der Waals surface area contributed by atoms with Gasteiger partial charge in [0, 0.05) is 39.3 Å². The highest BCUT2D eigenvalue weighted by Crippen LogP contribution is 2.13. The van der Waals surface area contributed by atoms with Crippen molar-refractivity contribution in [3.63, 3.8) is 0 Å². The van der Waals surface area contributed by atoms with Gasteiger partial charge in [-0.1, -0.05) is 13.0 Å². The summed E-state index contributed by atoms with van der Waals surface area (Å²) in [5.41, 5.74) is 1.54. The fourth-order valence-electron chi connectivity index (χ4n) is 1.37. The number of hydrogen-bond donors (Lipinski definition) is 2. The Hall–Kier alpha value is -0.810. The van der Waals surface area contributed by atoms with E-state index in [-0.39, 0.29) is 5.91 Å². The van der Waals surface area contributed by atoms with Gasteiger partial charge >= 0.3 is 0 Å². The fraction of sp³-hybridized carbons (Fsp3) is 0.417. The molecule has 5 heteroatoms. The summed E-state index contributed by atoms with van der Waals surface area (Å²) in [6.07, 6.45) is 0. The van der Waals surface area contributed by atoms with Gasteiger partial charge in [0.05, 0.1) is 0 Å². The van der Waals surface area contributed by atoms with E-state index >= 15 is 0 Å². The molecule has 1 amide bonds. The molecule has 0 heterocycles. The summed E-state index contributed by atoms with van der Waals surface area (Å²) in [7, 11) is -0.839. The molecule has 1 N–H and O–H groups in total. The minimum atomic E-state index is -0.839. The fourth-order valence-corrected chi connectivity index (χ4v) is 2.19. The quantitative estimate of drug-likeness (QED) is 0.802. The molecular formula is C12H17NO2S2. The van der Waals surface area contributed by atoms with Gasteiger partial charge in [-0.3, -0.25) is 9.00 Å². The van der Waals surface area contributed by atoms with E-state index in [1.54, 1.807) is 6.07 Å². The van der Waals surface area contributed by atoms with Crippen molar-refractivity contribution in [2.45, 2.75) is 18.7 Å². The van der Waals surface area contributed by atoms with Crippen LogP contribution in [0.15, 0.2) is 23.1 Å². The van der Waals surface area contributed by atoms with Crippen LogP contribution in [0.25, 0.3) is 0 Å². The lowest BCUT2D eigenvalue weighted by Crippen LogP contribution is -2.28. The molecule has 3 nitrogen and oxygen atoms in total. The van der Waals surface area contributed by atoms with Gasteiger partial charge in [0.15, 0.2) is 0 Å². The van der Waals surface area contributed by atoms with E-state index in [4.69, 9.17) is 0 Å². The minimum absolute atomic E-state index is 0.133. The highest BCUT2D eigenvalue weighted by Gasteiger charge is 2.08. The molecule has 1 rings (SSSR count). The molecule has 1 aromatic carbocycles. The van der Waals surface area contributed by atoms with E-state index in [2.05, 4.69) is 17.9 Å². The molecule has 1 unspecified atom stereocenters. The van der Waals surface area contributed by atoms with Crippen LogP contribution < -0.4 is 5.32 Å². The SMILES string of the molecule is CCS(=O)CCNC(=O)c1cc(S)ccc1C. The molecule has 0 spiro atoms. The Kier molecular flexibility index (Phi) is 5.71. The van der Waals surface area contributed by atoms with Gasteiger partial charge < -0.3 is 5.32 Å². The maximum Gasteiger partial charge on any atom is 0.251 e. The summed E-state index contributed by atoms with van der Waals surface area (Å²) in [5.74, 6) is 0.995. The lowest BCUT2D eigenvalue weighted by Gasteiger charge is -2.07. The highest BCUT2D eigenvalue weighted by atomic mass is 32.2. The van der Waals surface area contributed by atoms with Gasteiger partial charge in [-0.25, -0.2) is 0 Å². The number of aryl methyl sites for hydroxylation is 1. The normalized spacial score (nSPS) is 12.2. The van der Waals surface area contributed by atoms with Crippen LogP contribution in [0.5, 0.6) is 0 Å². The van der Waals surface area contributed by atoms with E-state index in [9.17, 15) is 9.00 Å². The summed E-state index contributed by atoms with van der Waals surface area (Å²) in [4.78, 5) is 12.6. The number of hydrogen-bond acceptors (Lipinski definition) is 3. The molecule has 0 aliphatic rings. The van der Waals surface area contributed by atoms with Gasteiger partial charge in [0.2, 0.25) is 0 Å². The van der Waals surface area contributed by atoms with Gasteiger partial charge in [-0.15, -0.1) is 12.6 Å². The lowest BCUT2D eigenvalue weighted by atomic mass is 10.1. The predicted octanol–water partition coefficient (Wildman–Crippen LogP) is 1.78. The number of amides is 1. The Balaban J connectivity index is 2.58. The third-order valence-electron chi connectivity index (χ3n) is 2.40. The lowest BCUT2D eigenvalue weighted by molar-refractivity contribution is 0.0955. The van der Waals surface area contributed by atoms with Crippen LogP contribution in [0.2, 0.25) is 0 Å². The first kappa shape index (κ1) is 14.3. The van der Waals surface area contributed by atoms with Crippen molar-refractivity contribution in [1.29, 1.82) is 0 Å². The van der Waals surface area contributed by atoms with E-state index in [0.29, 0.717) is 23.6 Å². The third-order valence-corrected chi connectivity index (χ3v) is 3.98. The molecule has 0 saturated heterocycles. The summed E-state index contributed by atoms with van der Waals surface area (Å²) in [6, 6.07) is 5.45. The van der Waals surface area contributed by atoms with Gasteiger partial charge in [0.1, 0.15) is 0 Å². The molecule has 0 radical (unpaired) electrons. The third kappa shape index (κ3) is 4.52. The van der Waals surface area contributed by atoms with Crippen LogP contribution in [-0.2, 0) is 10.8 Å². The van der Waals surface area contributed by atoms with Crippen molar-refractivity contribution in [3.05, 3.63) is 29.3 Å². The molecule has 17 heavy (non-hydrogen) atoms. The number of thiol groups is 1. The second kappa shape index (κ2) is 6.81. The average molecular weight is 271 g/mol. The Morgan fingerprint density at radius 1 is 1.47 bits per heavy atom. The zero-order valence-corrected chi connectivity index (χ0v) is 11.7. The molecule has 0 fully saturated rings. The van der Waals surface area contributed by atoms with E-state index in [1.165, 1.54) is 0 Å². The van der Waals surface area contributed by atoms with Crippen molar-refractivity contribution in [3.8, 4) is 0 Å². The number of nitrogens with one attached hydrogen (secondary N) is 1. The molecule has 1 aromatic rings. The topological polar surface area (TPSA) is 46.2 Å². The highest BCUT2D eigenvalue weighted by molar-refractivity contribution is 7.84. The van der Waals surface area contributed by atoms with Crippen LogP contribution in [-0.4, -0.2) is 28.2 Å². The number of benzene rings is 1. The van der Waals surface area contributed by atoms with Gasteiger partial charge in [0.25, 0.3) is 5.91 Å². The Morgan fingerprint density at radius 2 is 2.18 bits per heavy atom. The summed E-state index contributed by atoms with van der Waals surface area (Å²) in [5, 5.41) is 2.77. The first-order valence-corrected chi connectivity index (χ1v) is 7.41. The Labute approximate surface area is 110 Å². The second-order valence-electron chi connectivity index (χ2n) is 3.69. The zero-order chi connectivity index (χ0) is 12.8. The molecule has 94 valence electrons. The van der Waals surface area contributed by atoms with Crippen molar-refractivity contribution < 1.29 is 9.00 Å². The molecular weight excluding hydrogens is 254 g/mol. The number of rotatable bonds is 5. The molecule has 1 atom stereocenters. The van der Waals surface area contributed by atoms with E-state index in [1.807, 2.05) is 26.0 Å². The first-order valence-electron chi connectivity index (χ1n) is 5.47.